The van der Waals surface area contributed by atoms with Crippen molar-refractivity contribution in [2.24, 2.45) is 5.92 Å². The molecule has 1 aliphatic heterocycles. The van der Waals surface area contributed by atoms with Crippen LogP contribution in [0.2, 0.25) is 0 Å². The van der Waals surface area contributed by atoms with Gasteiger partial charge in [0.1, 0.15) is 0 Å². The molecule has 1 aliphatic rings. The minimum absolute atomic E-state index is 0.0518. The molecule has 1 atom stereocenters. The van der Waals surface area contributed by atoms with Gasteiger partial charge < -0.3 is 14.4 Å². The van der Waals surface area contributed by atoms with Crippen LogP contribution in [0.5, 0.6) is 0 Å². The van der Waals surface area contributed by atoms with Gasteiger partial charge in [0, 0.05) is 25.8 Å². The molecule has 1 unspecified atom stereocenters. The molecule has 0 N–H and O–H groups in total. The summed E-state index contributed by atoms with van der Waals surface area (Å²) in [6.07, 6.45) is 0.658. The van der Waals surface area contributed by atoms with Gasteiger partial charge in [0.05, 0.1) is 19.6 Å². The van der Waals surface area contributed by atoms with Crippen LogP contribution in [0.3, 0.4) is 0 Å². The highest BCUT2D eigenvalue weighted by molar-refractivity contribution is 5.96. The summed E-state index contributed by atoms with van der Waals surface area (Å²) in [4.78, 5) is 25.7. The third kappa shape index (κ3) is 2.99. The molecular formula is C15H19NO4. The molecule has 1 aromatic carbocycles. The summed E-state index contributed by atoms with van der Waals surface area (Å²) >= 11 is 0. The van der Waals surface area contributed by atoms with Gasteiger partial charge in [-0.3, -0.25) is 9.59 Å². The Morgan fingerprint density at radius 3 is 2.75 bits per heavy atom. The molecule has 5 heteroatoms. The number of likely N-dealkylation sites (tertiary alicyclic amines) is 1. The fraction of sp³-hybridized carbons (Fsp3) is 0.467. The predicted octanol–water partition coefficient (Wildman–Crippen LogP) is 1.47. The van der Waals surface area contributed by atoms with E-state index in [1.165, 1.54) is 7.11 Å². The molecule has 0 spiro atoms. The highest BCUT2D eigenvalue weighted by Gasteiger charge is 2.32. The predicted molar refractivity (Wildman–Crippen MR) is 73.2 cm³/mol. The van der Waals surface area contributed by atoms with E-state index in [1.54, 1.807) is 18.1 Å². The summed E-state index contributed by atoms with van der Waals surface area (Å²) in [5.74, 6) is -0.506. The Morgan fingerprint density at radius 2 is 2.05 bits per heavy atom. The average molecular weight is 277 g/mol. The summed E-state index contributed by atoms with van der Waals surface area (Å²) in [6, 6.07) is 7.39. The van der Waals surface area contributed by atoms with Gasteiger partial charge in [0.15, 0.2) is 0 Å². The number of carbonyl (C=O) groups is 2. The normalized spacial score (nSPS) is 18.1. The van der Waals surface area contributed by atoms with Crippen molar-refractivity contribution < 1.29 is 19.1 Å². The first-order valence-corrected chi connectivity index (χ1v) is 6.61. The molecule has 1 fully saturated rings. The second-order valence-corrected chi connectivity index (χ2v) is 4.85. The number of ether oxygens (including phenoxy) is 2. The Kier molecular flexibility index (Phi) is 4.74. The molecule has 0 aromatic heterocycles. The number of carbonyl (C=O) groups excluding carboxylic acids is 2. The van der Waals surface area contributed by atoms with Gasteiger partial charge in [-0.1, -0.05) is 18.2 Å². The fourth-order valence-corrected chi connectivity index (χ4v) is 2.48. The van der Waals surface area contributed by atoms with Crippen molar-refractivity contribution in [2.45, 2.75) is 13.0 Å². The van der Waals surface area contributed by atoms with Crippen LogP contribution in [0.25, 0.3) is 0 Å². The molecule has 0 saturated carbocycles. The lowest BCUT2D eigenvalue weighted by atomic mass is 10.1. The average Bonchev–Trinajstić information content (AvgIpc) is 2.96. The molecule has 108 valence electrons. The Labute approximate surface area is 118 Å². The molecule has 2 rings (SSSR count). The number of rotatable bonds is 4. The van der Waals surface area contributed by atoms with E-state index in [9.17, 15) is 9.59 Å². The molecule has 5 nitrogen and oxygen atoms in total. The second kappa shape index (κ2) is 6.52. The highest BCUT2D eigenvalue weighted by atomic mass is 16.5. The van der Waals surface area contributed by atoms with Crippen molar-refractivity contribution in [1.29, 1.82) is 0 Å². The summed E-state index contributed by atoms with van der Waals surface area (Å²) in [5, 5.41) is 0. The summed E-state index contributed by atoms with van der Waals surface area (Å²) in [6.45, 7) is 1.41. The first-order chi connectivity index (χ1) is 9.67. The van der Waals surface area contributed by atoms with E-state index in [4.69, 9.17) is 9.47 Å². The Hall–Kier alpha value is -1.88. The third-order valence-corrected chi connectivity index (χ3v) is 3.56. The maximum absolute atomic E-state index is 12.5. The Balaban J connectivity index is 2.11. The second-order valence-electron chi connectivity index (χ2n) is 4.85. The Morgan fingerprint density at radius 1 is 1.30 bits per heavy atom. The van der Waals surface area contributed by atoms with Crippen LogP contribution in [0, 0.1) is 5.92 Å². The molecule has 1 heterocycles. The number of methoxy groups -OCH3 is 2. The van der Waals surface area contributed by atoms with Gasteiger partial charge in [-0.2, -0.15) is 0 Å². The van der Waals surface area contributed by atoms with E-state index < -0.39 is 0 Å². The minimum Gasteiger partial charge on any atom is -0.469 e. The quantitative estimate of drug-likeness (QED) is 0.782. The van der Waals surface area contributed by atoms with Gasteiger partial charge in [-0.25, -0.2) is 0 Å². The van der Waals surface area contributed by atoms with Gasteiger partial charge >= 0.3 is 5.97 Å². The largest absolute Gasteiger partial charge is 0.469 e. The van der Waals surface area contributed by atoms with Gasteiger partial charge in [0.25, 0.3) is 5.91 Å². The zero-order valence-electron chi connectivity index (χ0n) is 11.8. The van der Waals surface area contributed by atoms with Crippen LogP contribution in [0.1, 0.15) is 22.3 Å². The molecule has 0 radical (unpaired) electrons. The number of amides is 1. The highest BCUT2D eigenvalue weighted by Crippen LogP contribution is 2.21. The Bertz CT molecular complexity index is 500. The van der Waals surface area contributed by atoms with Crippen LogP contribution in [0.4, 0.5) is 0 Å². The molecule has 0 bridgehead atoms. The first-order valence-electron chi connectivity index (χ1n) is 6.61. The van der Waals surface area contributed by atoms with Crippen molar-refractivity contribution >= 4 is 11.9 Å². The van der Waals surface area contributed by atoms with Crippen molar-refractivity contribution in [3.8, 4) is 0 Å². The van der Waals surface area contributed by atoms with Crippen LogP contribution in [-0.4, -0.2) is 44.1 Å². The SMILES string of the molecule is COCc1ccccc1C(=O)N1CCC(C(=O)OC)C1. The summed E-state index contributed by atoms with van der Waals surface area (Å²) in [7, 11) is 2.98. The third-order valence-electron chi connectivity index (χ3n) is 3.56. The molecule has 0 aliphatic carbocycles. The van der Waals surface area contributed by atoms with E-state index in [1.807, 2.05) is 18.2 Å². The zero-order valence-corrected chi connectivity index (χ0v) is 11.8. The van der Waals surface area contributed by atoms with E-state index in [0.717, 1.165) is 5.56 Å². The van der Waals surface area contributed by atoms with E-state index >= 15 is 0 Å². The lowest BCUT2D eigenvalue weighted by Gasteiger charge is -2.18. The number of benzene rings is 1. The molecule has 1 saturated heterocycles. The van der Waals surface area contributed by atoms with E-state index in [2.05, 4.69) is 0 Å². The van der Waals surface area contributed by atoms with Gasteiger partial charge in [-0.15, -0.1) is 0 Å². The standard InChI is InChI=1S/C15H19NO4/c1-19-10-12-5-3-4-6-13(12)14(17)16-8-7-11(9-16)15(18)20-2/h3-6,11H,7-10H2,1-2H3. The van der Waals surface area contributed by atoms with E-state index in [-0.39, 0.29) is 17.8 Å². The molecule has 20 heavy (non-hydrogen) atoms. The van der Waals surface area contributed by atoms with Gasteiger partial charge in [-0.05, 0) is 18.1 Å². The molecule has 1 aromatic rings. The lowest BCUT2D eigenvalue weighted by Crippen LogP contribution is -2.31. The minimum atomic E-state index is -0.245. The van der Waals surface area contributed by atoms with E-state index in [0.29, 0.717) is 31.7 Å². The maximum atomic E-state index is 12.5. The van der Waals surface area contributed by atoms with Crippen molar-refractivity contribution in [1.82, 2.24) is 4.90 Å². The van der Waals surface area contributed by atoms with Crippen LogP contribution >= 0.6 is 0 Å². The monoisotopic (exact) mass is 277 g/mol. The summed E-state index contributed by atoms with van der Waals surface area (Å²) in [5.41, 5.74) is 1.50. The number of nitrogens with zero attached hydrogens (tertiary/aromatic N) is 1. The number of hydrogen-bond donors (Lipinski definition) is 0. The van der Waals surface area contributed by atoms with Crippen molar-refractivity contribution in [3.05, 3.63) is 35.4 Å². The maximum Gasteiger partial charge on any atom is 0.310 e. The number of esters is 1. The smallest absolute Gasteiger partial charge is 0.310 e. The van der Waals surface area contributed by atoms with Gasteiger partial charge in [0.2, 0.25) is 0 Å². The lowest BCUT2D eigenvalue weighted by molar-refractivity contribution is -0.144. The van der Waals surface area contributed by atoms with Crippen molar-refractivity contribution in [3.63, 3.8) is 0 Å². The van der Waals surface area contributed by atoms with Crippen molar-refractivity contribution in [2.75, 3.05) is 27.3 Å². The van der Waals surface area contributed by atoms with Crippen LogP contribution in [0.15, 0.2) is 24.3 Å². The summed E-state index contributed by atoms with van der Waals surface area (Å²) < 4.78 is 9.85. The molecule has 1 amide bonds. The molecular weight excluding hydrogens is 258 g/mol. The topological polar surface area (TPSA) is 55.8 Å². The number of hydrogen-bond acceptors (Lipinski definition) is 4. The zero-order chi connectivity index (χ0) is 14.5. The first kappa shape index (κ1) is 14.5. The van der Waals surface area contributed by atoms with Crippen LogP contribution < -0.4 is 0 Å². The van der Waals surface area contributed by atoms with Crippen LogP contribution in [-0.2, 0) is 20.9 Å². The fourth-order valence-electron chi connectivity index (χ4n) is 2.48.